The Kier molecular flexibility index (Phi) is 3.71. The largest absolute Gasteiger partial charge is 0.469 e. The number of hydrogen-bond donors (Lipinski definition) is 1. The molecule has 18 heavy (non-hydrogen) atoms. The van der Waals surface area contributed by atoms with Gasteiger partial charge in [0.15, 0.2) is 0 Å². The number of nitrogens with two attached hydrogens (primary N) is 1. The summed E-state index contributed by atoms with van der Waals surface area (Å²) in [6.07, 6.45) is 6.55. The summed E-state index contributed by atoms with van der Waals surface area (Å²) in [4.78, 5) is 12.1. The van der Waals surface area contributed by atoms with Crippen LogP contribution in [0.5, 0.6) is 0 Å². The first kappa shape index (κ1) is 13.1. The van der Waals surface area contributed by atoms with Crippen LogP contribution in [-0.2, 0) is 22.5 Å². The molecule has 1 aliphatic carbocycles. The predicted molar refractivity (Wildman–Crippen MR) is 67.8 cm³/mol. The number of nitrogens with zero attached hydrogens (tertiary/aromatic N) is 2. The van der Waals surface area contributed by atoms with Gasteiger partial charge in [-0.25, -0.2) is 0 Å². The van der Waals surface area contributed by atoms with E-state index in [1.165, 1.54) is 7.11 Å². The Hall–Kier alpha value is -1.36. The molecule has 1 atom stereocenters. The molecule has 0 radical (unpaired) electrons. The van der Waals surface area contributed by atoms with Crippen molar-refractivity contribution in [1.82, 2.24) is 9.78 Å². The lowest BCUT2D eigenvalue weighted by molar-refractivity contribution is -0.153. The predicted octanol–water partition coefficient (Wildman–Crippen LogP) is 0.974. The van der Waals surface area contributed by atoms with E-state index >= 15 is 0 Å². The first-order valence-corrected chi connectivity index (χ1v) is 6.46. The minimum absolute atomic E-state index is 0.184. The summed E-state index contributed by atoms with van der Waals surface area (Å²) in [5, 5.41) is 4.24. The van der Waals surface area contributed by atoms with Gasteiger partial charge in [-0.3, -0.25) is 9.48 Å². The standard InChI is InChI=1S/C13H21N3O2/c1-3-16-8-10(7-15-16)6-13(9-14,11-4-5-11)12(17)18-2/h7-8,11H,3-6,9,14H2,1-2H3. The zero-order valence-corrected chi connectivity index (χ0v) is 11.1. The summed E-state index contributed by atoms with van der Waals surface area (Å²) < 4.78 is 6.83. The van der Waals surface area contributed by atoms with Crippen molar-refractivity contribution in [2.45, 2.75) is 32.7 Å². The molecule has 5 heteroatoms. The van der Waals surface area contributed by atoms with Crippen LogP contribution >= 0.6 is 0 Å². The Morgan fingerprint density at radius 2 is 2.39 bits per heavy atom. The maximum atomic E-state index is 12.1. The molecular weight excluding hydrogens is 230 g/mol. The summed E-state index contributed by atoms with van der Waals surface area (Å²) in [6, 6.07) is 0. The lowest BCUT2D eigenvalue weighted by Crippen LogP contribution is -2.43. The van der Waals surface area contributed by atoms with Gasteiger partial charge in [0.2, 0.25) is 0 Å². The highest BCUT2D eigenvalue weighted by Gasteiger charge is 2.50. The van der Waals surface area contributed by atoms with Crippen LogP contribution in [-0.4, -0.2) is 29.4 Å². The third-order valence-corrected chi connectivity index (χ3v) is 3.85. The summed E-state index contributed by atoms with van der Waals surface area (Å²) in [6.45, 7) is 3.20. The Labute approximate surface area is 107 Å². The number of rotatable bonds is 6. The average Bonchev–Trinajstić information content (AvgIpc) is 3.16. The highest BCUT2D eigenvalue weighted by Crippen LogP contribution is 2.47. The van der Waals surface area contributed by atoms with Crippen LogP contribution in [0.2, 0.25) is 0 Å². The van der Waals surface area contributed by atoms with Crippen molar-refractivity contribution >= 4 is 5.97 Å². The van der Waals surface area contributed by atoms with Crippen LogP contribution in [0.1, 0.15) is 25.3 Å². The van der Waals surface area contributed by atoms with Crippen molar-refractivity contribution in [3.05, 3.63) is 18.0 Å². The third kappa shape index (κ3) is 2.27. The molecule has 2 N–H and O–H groups in total. The van der Waals surface area contributed by atoms with Crippen molar-refractivity contribution in [2.75, 3.05) is 13.7 Å². The molecule has 0 aliphatic heterocycles. The van der Waals surface area contributed by atoms with Crippen molar-refractivity contribution in [1.29, 1.82) is 0 Å². The Morgan fingerprint density at radius 3 is 2.83 bits per heavy atom. The summed E-state index contributed by atoms with van der Waals surface area (Å²) in [5.74, 6) is 0.177. The Balaban J connectivity index is 2.21. The smallest absolute Gasteiger partial charge is 0.313 e. The Morgan fingerprint density at radius 1 is 1.67 bits per heavy atom. The van der Waals surface area contributed by atoms with E-state index in [4.69, 9.17) is 10.5 Å². The van der Waals surface area contributed by atoms with Crippen molar-refractivity contribution in [3.8, 4) is 0 Å². The first-order chi connectivity index (χ1) is 8.66. The molecule has 0 amide bonds. The maximum Gasteiger partial charge on any atom is 0.313 e. The van der Waals surface area contributed by atoms with Gasteiger partial charge in [-0.15, -0.1) is 0 Å². The van der Waals surface area contributed by atoms with Crippen LogP contribution in [0.25, 0.3) is 0 Å². The molecule has 1 heterocycles. The fourth-order valence-electron chi connectivity index (χ4n) is 2.58. The molecule has 0 bridgehead atoms. The lowest BCUT2D eigenvalue weighted by Gasteiger charge is -2.29. The normalized spacial score (nSPS) is 18.4. The van der Waals surface area contributed by atoms with Crippen LogP contribution < -0.4 is 5.73 Å². The van der Waals surface area contributed by atoms with Gasteiger partial charge in [0.1, 0.15) is 0 Å². The van der Waals surface area contributed by atoms with Crippen LogP contribution in [0.4, 0.5) is 0 Å². The number of esters is 1. The molecule has 1 aromatic heterocycles. The van der Waals surface area contributed by atoms with E-state index in [2.05, 4.69) is 5.10 Å². The third-order valence-electron chi connectivity index (χ3n) is 3.85. The fraction of sp³-hybridized carbons (Fsp3) is 0.692. The minimum Gasteiger partial charge on any atom is -0.469 e. The number of carbonyl (C=O) groups excluding carboxylic acids is 1. The van der Waals surface area contributed by atoms with E-state index < -0.39 is 5.41 Å². The van der Waals surface area contributed by atoms with Gasteiger partial charge < -0.3 is 10.5 Å². The van der Waals surface area contributed by atoms with Crippen molar-refractivity contribution < 1.29 is 9.53 Å². The lowest BCUT2D eigenvalue weighted by atomic mass is 9.77. The van der Waals surface area contributed by atoms with E-state index in [0.29, 0.717) is 18.9 Å². The zero-order chi connectivity index (χ0) is 13.2. The molecule has 0 aromatic carbocycles. The summed E-state index contributed by atoms with van der Waals surface area (Å²) in [5.41, 5.74) is 6.38. The van der Waals surface area contributed by atoms with E-state index in [-0.39, 0.29) is 5.97 Å². The topological polar surface area (TPSA) is 70.1 Å². The van der Waals surface area contributed by atoms with Gasteiger partial charge >= 0.3 is 5.97 Å². The average molecular weight is 251 g/mol. The molecule has 1 aliphatic rings. The van der Waals surface area contributed by atoms with Crippen molar-refractivity contribution in [3.63, 3.8) is 0 Å². The molecule has 1 fully saturated rings. The van der Waals surface area contributed by atoms with E-state index in [1.807, 2.05) is 24.0 Å². The molecule has 0 saturated heterocycles. The molecule has 1 saturated carbocycles. The molecule has 2 rings (SSSR count). The second kappa shape index (κ2) is 5.10. The van der Waals surface area contributed by atoms with Crippen LogP contribution in [0.15, 0.2) is 12.4 Å². The van der Waals surface area contributed by atoms with Gasteiger partial charge in [-0.2, -0.15) is 5.10 Å². The van der Waals surface area contributed by atoms with Gasteiger partial charge in [0.05, 0.1) is 18.7 Å². The number of hydrogen-bond acceptors (Lipinski definition) is 4. The Bertz CT molecular complexity index is 426. The SMILES string of the molecule is CCn1cc(CC(CN)(C(=O)OC)C2CC2)cn1. The molecule has 5 nitrogen and oxygen atoms in total. The monoisotopic (exact) mass is 251 g/mol. The van der Waals surface area contributed by atoms with E-state index in [1.54, 1.807) is 0 Å². The first-order valence-electron chi connectivity index (χ1n) is 6.46. The van der Waals surface area contributed by atoms with Crippen LogP contribution in [0.3, 0.4) is 0 Å². The number of ether oxygens (including phenoxy) is 1. The zero-order valence-electron chi connectivity index (χ0n) is 11.1. The molecule has 1 unspecified atom stereocenters. The number of aryl methyl sites for hydroxylation is 1. The molecule has 100 valence electrons. The van der Waals surface area contributed by atoms with Crippen LogP contribution in [0, 0.1) is 11.3 Å². The van der Waals surface area contributed by atoms with Gasteiger partial charge in [-0.05, 0) is 37.7 Å². The molecular formula is C13H21N3O2. The van der Waals surface area contributed by atoms with Gasteiger partial charge in [0, 0.05) is 19.3 Å². The highest BCUT2D eigenvalue weighted by molar-refractivity contribution is 5.78. The summed E-state index contributed by atoms with van der Waals surface area (Å²) >= 11 is 0. The van der Waals surface area contributed by atoms with E-state index in [9.17, 15) is 4.79 Å². The highest BCUT2D eigenvalue weighted by atomic mass is 16.5. The molecule has 1 aromatic rings. The summed E-state index contributed by atoms with van der Waals surface area (Å²) in [7, 11) is 1.44. The quantitative estimate of drug-likeness (QED) is 0.765. The van der Waals surface area contributed by atoms with Gasteiger partial charge in [0.25, 0.3) is 0 Å². The van der Waals surface area contributed by atoms with E-state index in [0.717, 1.165) is 24.9 Å². The number of aromatic nitrogens is 2. The number of methoxy groups -OCH3 is 1. The molecule has 0 spiro atoms. The number of carbonyl (C=O) groups is 1. The van der Waals surface area contributed by atoms with Gasteiger partial charge in [-0.1, -0.05) is 0 Å². The second-order valence-corrected chi connectivity index (χ2v) is 5.01. The maximum absolute atomic E-state index is 12.1. The fourth-order valence-corrected chi connectivity index (χ4v) is 2.58. The second-order valence-electron chi connectivity index (χ2n) is 5.01. The van der Waals surface area contributed by atoms with Crippen molar-refractivity contribution in [2.24, 2.45) is 17.1 Å². The minimum atomic E-state index is -0.559.